The molecule has 0 amide bonds. The molecule has 0 aliphatic carbocycles. The molecule has 0 radical (unpaired) electrons. The van der Waals surface area contributed by atoms with Crippen LogP contribution in [0.3, 0.4) is 0 Å². The van der Waals surface area contributed by atoms with E-state index >= 15 is 0 Å². The summed E-state index contributed by atoms with van der Waals surface area (Å²) in [7, 11) is -9.97. The number of allylic oxidation sites excluding steroid dienone is 20. The quantitative estimate of drug-likeness (QED) is 0.0169. The number of hydrogen-bond acceptors (Lipinski definition) is 15. The number of aliphatic hydroxyl groups is 1. The summed E-state index contributed by atoms with van der Waals surface area (Å²) in [5.74, 6) is -2.28. The molecule has 5 atom stereocenters. The predicted molar refractivity (Wildman–Crippen MR) is 418 cm³/mol. The highest BCUT2D eigenvalue weighted by Crippen LogP contribution is 2.45. The number of carbonyl (C=O) groups is 4. The van der Waals surface area contributed by atoms with Crippen LogP contribution in [0.2, 0.25) is 0 Å². The fourth-order valence-corrected chi connectivity index (χ4v) is 12.0. The maximum Gasteiger partial charge on any atom is 0.472 e. The van der Waals surface area contributed by atoms with Gasteiger partial charge in [-0.15, -0.1) is 0 Å². The standard InChI is InChI=1S/C83H142O17P2/c1-5-9-13-17-21-25-29-32-35-37-38-40-43-45-49-52-56-60-64-68-81(86)94-74-79(100-83(88)70-66-62-58-54-50-46-41-34-31-27-23-19-15-11-7-3)76-98-102(91,92)96-72-77(84)71-95-101(89,90)97-75-78(99-82(87)69-65-61-57-53-47-28-24-20-16-12-8-4)73-93-80(85)67-63-59-55-51-48-44-42-39-36-33-30-26-22-18-14-10-6-2/h9-10,13-14,20-22,24-26,32-33,35-36,38,40,45,49,56,60,77-79,84H,5-8,11-12,15-19,23,27-31,34,37,39,41-44,46-48,50-55,57-59,61-76H2,1-4H3,(H,89,90)(H,91,92)/b13-9-,14-10-,24-20-,25-21-,26-22-,35-32-,36-33-,40-38-,49-45-,60-56-. The lowest BCUT2D eigenvalue weighted by atomic mass is 10.0. The van der Waals surface area contributed by atoms with E-state index in [1.807, 2.05) is 18.2 Å². The van der Waals surface area contributed by atoms with Gasteiger partial charge in [0.2, 0.25) is 0 Å². The summed E-state index contributed by atoms with van der Waals surface area (Å²) < 4.78 is 68.5. The number of carbonyl (C=O) groups excluding carboxylic acids is 4. The SMILES string of the molecule is CC/C=C\C/C=C\C/C=C\C/C=C\C/C=C\C/C=C\CCC(=O)OCC(COP(=O)(O)OCC(O)COP(=O)(O)OCC(COC(=O)CCCCCCCCC/C=C\C/C=C\C/C=C\CC)OC(=O)CCCCCCC/C=C\CCCC)OC(=O)CCCCCCCCCCCCCCCCC. The minimum Gasteiger partial charge on any atom is -0.462 e. The number of ether oxygens (including phenoxy) is 4. The monoisotopic (exact) mass is 1470 g/mol. The number of esters is 4. The molecule has 0 aromatic carbocycles. The number of rotatable bonds is 74. The van der Waals surface area contributed by atoms with Crippen molar-refractivity contribution in [1.82, 2.24) is 0 Å². The van der Waals surface area contributed by atoms with Gasteiger partial charge in [-0.2, -0.15) is 0 Å². The normalized spacial score (nSPS) is 14.5. The maximum atomic E-state index is 13.1. The van der Waals surface area contributed by atoms with Gasteiger partial charge in [-0.3, -0.25) is 37.3 Å². The van der Waals surface area contributed by atoms with Gasteiger partial charge in [-0.1, -0.05) is 303 Å². The highest BCUT2D eigenvalue weighted by Gasteiger charge is 2.30. The van der Waals surface area contributed by atoms with Crippen molar-refractivity contribution in [2.24, 2.45) is 0 Å². The van der Waals surface area contributed by atoms with E-state index < -0.39 is 97.5 Å². The lowest BCUT2D eigenvalue weighted by molar-refractivity contribution is -0.161. The fourth-order valence-electron chi connectivity index (χ4n) is 10.4. The minimum atomic E-state index is -4.99. The molecular weight excluding hydrogens is 1330 g/mol. The molecule has 5 unspecified atom stereocenters. The van der Waals surface area contributed by atoms with Gasteiger partial charge in [0.05, 0.1) is 26.4 Å². The summed E-state index contributed by atoms with van der Waals surface area (Å²) in [6.07, 6.45) is 82.0. The Morgan fingerprint density at radius 2 is 0.539 bits per heavy atom. The van der Waals surface area contributed by atoms with Crippen molar-refractivity contribution < 1.29 is 80.2 Å². The number of unbranched alkanes of at least 4 members (excludes halogenated alkanes) is 28. The van der Waals surface area contributed by atoms with Crippen molar-refractivity contribution in [3.05, 3.63) is 122 Å². The summed E-state index contributed by atoms with van der Waals surface area (Å²) in [5.41, 5.74) is 0. The van der Waals surface area contributed by atoms with Crippen molar-refractivity contribution in [3.8, 4) is 0 Å². The van der Waals surface area contributed by atoms with Crippen LogP contribution in [0.5, 0.6) is 0 Å². The fraction of sp³-hybridized carbons (Fsp3) is 0.711. The number of phosphoric acid groups is 2. The first-order valence-electron chi connectivity index (χ1n) is 39.8. The molecule has 0 rings (SSSR count). The third kappa shape index (κ3) is 73.8. The second-order valence-electron chi connectivity index (χ2n) is 26.2. The van der Waals surface area contributed by atoms with Gasteiger partial charge >= 0.3 is 39.5 Å². The van der Waals surface area contributed by atoms with Gasteiger partial charge in [-0.05, 0) is 116 Å². The van der Waals surface area contributed by atoms with Crippen LogP contribution in [-0.2, 0) is 65.4 Å². The zero-order chi connectivity index (χ0) is 74.6. The van der Waals surface area contributed by atoms with E-state index in [1.54, 1.807) is 0 Å². The van der Waals surface area contributed by atoms with Gasteiger partial charge in [-0.25, -0.2) is 9.13 Å². The molecule has 0 heterocycles. The van der Waals surface area contributed by atoms with E-state index in [2.05, 4.69) is 131 Å². The molecule has 0 saturated carbocycles. The van der Waals surface area contributed by atoms with Gasteiger partial charge in [0.1, 0.15) is 19.3 Å². The third-order valence-electron chi connectivity index (χ3n) is 16.4. The zero-order valence-electron chi connectivity index (χ0n) is 64.0. The van der Waals surface area contributed by atoms with Crippen LogP contribution < -0.4 is 0 Å². The summed E-state index contributed by atoms with van der Waals surface area (Å²) in [5, 5.41) is 10.6. The average molecular weight is 1470 g/mol. The van der Waals surface area contributed by atoms with Gasteiger partial charge in [0.25, 0.3) is 0 Å². The molecular formula is C83H142O17P2. The Bertz CT molecular complexity index is 2410. The minimum absolute atomic E-state index is 0.0365. The highest BCUT2D eigenvalue weighted by atomic mass is 31.2. The molecule has 102 heavy (non-hydrogen) atoms. The highest BCUT2D eigenvalue weighted by molar-refractivity contribution is 7.47. The Morgan fingerprint density at radius 1 is 0.284 bits per heavy atom. The van der Waals surface area contributed by atoms with E-state index in [0.29, 0.717) is 32.1 Å². The Labute approximate surface area is 619 Å². The van der Waals surface area contributed by atoms with Crippen LogP contribution in [0, 0.1) is 0 Å². The van der Waals surface area contributed by atoms with Crippen LogP contribution in [0.15, 0.2) is 122 Å². The van der Waals surface area contributed by atoms with Gasteiger partial charge in [0, 0.05) is 25.7 Å². The smallest absolute Gasteiger partial charge is 0.462 e. The second kappa shape index (κ2) is 74.7. The van der Waals surface area contributed by atoms with E-state index in [9.17, 15) is 43.2 Å². The summed E-state index contributed by atoms with van der Waals surface area (Å²) >= 11 is 0. The van der Waals surface area contributed by atoms with Crippen LogP contribution >= 0.6 is 15.6 Å². The Morgan fingerprint density at radius 3 is 0.882 bits per heavy atom. The summed E-state index contributed by atoms with van der Waals surface area (Å²) in [4.78, 5) is 72.9. The van der Waals surface area contributed by atoms with E-state index in [1.165, 1.54) is 77.0 Å². The van der Waals surface area contributed by atoms with Crippen LogP contribution in [0.1, 0.15) is 323 Å². The lowest BCUT2D eigenvalue weighted by Gasteiger charge is -2.21. The number of aliphatic hydroxyl groups excluding tert-OH is 1. The van der Waals surface area contributed by atoms with E-state index in [4.69, 9.17) is 37.0 Å². The van der Waals surface area contributed by atoms with Crippen LogP contribution in [-0.4, -0.2) is 96.7 Å². The molecule has 0 aliphatic heterocycles. The number of phosphoric ester groups is 2. The molecule has 17 nitrogen and oxygen atoms in total. The molecule has 0 spiro atoms. The molecule has 586 valence electrons. The lowest BCUT2D eigenvalue weighted by Crippen LogP contribution is -2.30. The van der Waals surface area contributed by atoms with Crippen molar-refractivity contribution in [3.63, 3.8) is 0 Å². The summed E-state index contributed by atoms with van der Waals surface area (Å²) in [6, 6.07) is 0. The second-order valence-corrected chi connectivity index (χ2v) is 29.2. The Kier molecular flexibility index (Phi) is 71.4. The number of hydrogen-bond donors (Lipinski definition) is 3. The molecule has 0 aromatic heterocycles. The molecule has 0 aliphatic rings. The summed E-state index contributed by atoms with van der Waals surface area (Å²) in [6.45, 7) is 4.53. The van der Waals surface area contributed by atoms with E-state index in [0.717, 1.165) is 161 Å². The zero-order valence-corrected chi connectivity index (χ0v) is 65.8. The van der Waals surface area contributed by atoms with Crippen molar-refractivity contribution >= 4 is 39.5 Å². The van der Waals surface area contributed by atoms with Crippen LogP contribution in [0.4, 0.5) is 0 Å². The van der Waals surface area contributed by atoms with Crippen molar-refractivity contribution in [2.75, 3.05) is 39.6 Å². The van der Waals surface area contributed by atoms with E-state index in [-0.39, 0.29) is 25.7 Å². The van der Waals surface area contributed by atoms with Gasteiger partial charge in [0.15, 0.2) is 12.2 Å². The topological polar surface area (TPSA) is 237 Å². The molecule has 3 N–H and O–H groups in total. The van der Waals surface area contributed by atoms with Crippen molar-refractivity contribution in [1.29, 1.82) is 0 Å². The molecule has 0 bridgehead atoms. The first-order valence-corrected chi connectivity index (χ1v) is 42.8. The third-order valence-corrected chi connectivity index (χ3v) is 18.3. The first-order chi connectivity index (χ1) is 49.7. The largest absolute Gasteiger partial charge is 0.472 e. The maximum absolute atomic E-state index is 13.1. The average Bonchev–Trinajstić information content (AvgIpc) is 0.939. The molecule has 0 fully saturated rings. The predicted octanol–water partition coefficient (Wildman–Crippen LogP) is 23.1. The Balaban J connectivity index is 5.38. The molecule has 0 saturated heterocycles. The van der Waals surface area contributed by atoms with Crippen molar-refractivity contribution in [2.45, 2.75) is 341 Å². The Hall–Kier alpha value is -4.54. The van der Waals surface area contributed by atoms with Crippen LogP contribution in [0.25, 0.3) is 0 Å². The molecule has 19 heteroatoms. The molecule has 0 aromatic rings. The first kappa shape index (κ1) is 97.5. The van der Waals surface area contributed by atoms with Gasteiger partial charge < -0.3 is 33.8 Å².